The number of nitrogens with one attached hydrogen (secondary N) is 3. The summed E-state index contributed by atoms with van der Waals surface area (Å²) in [5, 5.41) is 8.99. The summed E-state index contributed by atoms with van der Waals surface area (Å²) in [5.74, 6) is 0.229. The molecule has 0 saturated carbocycles. The fraction of sp³-hybridized carbons (Fsp3) is 0.891. The van der Waals surface area contributed by atoms with Gasteiger partial charge < -0.3 is 44.4 Å². The van der Waals surface area contributed by atoms with Crippen molar-refractivity contribution in [2.24, 2.45) is 11.3 Å². The number of amides is 3. The lowest BCUT2D eigenvalue weighted by atomic mass is 9.71. The van der Waals surface area contributed by atoms with Crippen molar-refractivity contribution in [2.75, 3.05) is 98.9 Å². The van der Waals surface area contributed by atoms with Crippen LogP contribution in [0.3, 0.4) is 0 Å². The molecule has 3 N–H and O–H groups in total. The molecule has 0 heterocycles. The third kappa shape index (κ3) is 30.9. The highest BCUT2D eigenvalue weighted by Crippen LogP contribution is 2.42. The highest BCUT2D eigenvalue weighted by atomic mass is 16.5. The van der Waals surface area contributed by atoms with Crippen LogP contribution in [0.2, 0.25) is 0 Å². The first-order valence-electron chi connectivity index (χ1n) is 23.2. The van der Waals surface area contributed by atoms with Crippen LogP contribution < -0.4 is 16.0 Å². The zero-order valence-corrected chi connectivity index (χ0v) is 37.8. The third-order valence-corrected chi connectivity index (χ3v) is 10.8. The van der Waals surface area contributed by atoms with Gasteiger partial charge in [0.2, 0.25) is 17.7 Å². The topological polar surface area (TPSA) is 143 Å². The van der Waals surface area contributed by atoms with Crippen LogP contribution in [0.25, 0.3) is 0 Å². The van der Waals surface area contributed by atoms with Gasteiger partial charge in [0.15, 0.2) is 0 Å². The van der Waals surface area contributed by atoms with E-state index in [0.717, 1.165) is 64.4 Å². The fourth-order valence-corrected chi connectivity index (χ4v) is 7.29. The van der Waals surface area contributed by atoms with Gasteiger partial charge in [-0.25, -0.2) is 0 Å². The van der Waals surface area contributed by atoms with Gasteiger partial charge in [-0.2, -0.15) is 0 Å². The molecule has 0 spiro atoms. The Morgan fingerprint density at radius 3 is 1.66 bits per heavy atom. The maximum Gasteiger partial charge on any atom is 0.223 e. The Morgan fingerprint density at radius 1 is 0.569 bits per heavy atom. The third-order valence-electron chi connectivity index (χ3n) is 10.8. The molecule has 0 aromatic carbocycles. The lowest BCUT2D eigenvalue weighted by Gasteiger charge is -2.34. The van der Waals surface area contributed by atoms with Crippen LogP contribution in [-0.4, -0.2) is 117 Å². The van der Waals surface area contributed by atoms with E-state index in [1.54, 1.807) is 11.1 Å². The second-order valence-corrected chi connectivity index (χ2v) is 16.3. The molecule has 0 unspecified atom stereocenters. The SMILES string of the molecule is CCCOCCOCCOCCC(=O)NCCCOCCOCCOCCCNC(=O)[C@@H](CC)CCCCNC(=O)CCCCCCCCC1=C(C)CCCC1(C)C. The number of rotatable bonds is 41. The van der Waals surface area contributed by atoms with Crippen LogP contribution in [0, 0.1) is 11.3 Å². The molecule has 1 rings (SSSR count). The molecule has 340 valence electrons. The zero-order chi connectivity index (χ0) is 42.4. The van der Waals surface area contributed by atoms with E-state index in [2.05, 4.69) is 50.6 Å². The van der Waals surface area contributed by atoms with Gasteiger partial charge in [0.1, 0.15) is 0 Å². The van der Waals surface area contributed by atoms with Crippen molar-refractivity contribution in [3.63, 3.8) is 0 Å². The summed E-state index contributed by atoms with van der Waals surface area (Å²) in [5.41, 5.74) is 3.75. The van der Waals surface area contributed by atoms with Crippen molar-refractivity contribution < 1.29 is 42.8 Å². The molecule has 0 aliphatic heterocycles. The van der Waals surface area contributed by atoms with E-state index in [9.17, 15) is 14.4 Å². The molecule has 0 radical (unpaired) electrons. The van der Waals surface area contributed by atoms with E-state index < -0.39 is 0 Å². The summed E-state index contributed by atoms with van der Waals surface area (Å²) in [6.45, 7) is 19.5. The molecule has 1 aliphatic rings. The second kappa shape index (κ2) is 37.9. The lowest BCUT2D eigenvalue weighted by Crippen LogP contribution is -2.32. The molecular weight excluding hydrogens is 739 g/mol. The Morgan fingerprint density at radius 2 is 1.07 bits per heavy atom. The zero-order valence-electron chi connectivity index (χ0n) is 37.8. The molecule has 0 bridgehead atoms. The van der Waals surface area contributed by atoms with Gasteiger partial charge in [-0.05, 0) is 89.4 Å². The fourth-order valence-electron chi connectivity index (χ4n) is 7.29. The average molecular weight is 826 g/mol. The molecule has 58 heavy (non-hydrogen) atoms. The monoisotopic (exact) mass is 826 g/mol. The summed E-state index contributed by atoms with van der Waals surface area (Å²) in [7, 11) is 0. The number of carbonyl (C=O) groups excluding carboxylic acids is 3. The summed E-state index contributed by atoms with van der Waals surface area (Å²) in [6.07, 6.45) is 19.3. The minimum absolute atomic E-state index is 0.00324. The molecule has 0 fully saturated rings. The lowest BCUT2D eigenvalue weighted by molar-refractivity contribution is -0.125. The molecule has 0 aromatic heterocycles. The maximum atomic E-state index is 12.7. The van der Waals surface area contributed by atoms with Gasteiger partial charge in [0.05, 0.1) is 59.5 Å². The van der Waals surface area contributed by atoms with Crippen molar-refractivity contribution in [1.29, 1.82) is 0 Å². The Balaban J connectivity index is 1.85. The minimum Gasteiger partial charge on any atom is -0.379 e. The normalized spacial score (nSPS) is 14.4. The van der Waals surface area contributed by atoms with E-state index >= 15 is 0 Å². The van der Waals surface area contributed by atoms with Crippen LogP contribution in [0.4, 0.5) is 0 Å². The Bertz CT molecular complexity index is 1060. The van der Waals surface area contributed by atoms with Crippen LogP contribution in [0.15, 0.2) is 11.1 Å². The smallest absolute Gasteiger partial charge is 0.223 e. The number of ether oxygens (including phenoxy) is 6. The molecule has 12 nitrogen and oxygen atoms in total. The Labute approximate surface area is 353 Å². The average Bonchev–Trinajstić information content (AvgIpc) is 3.20. The van der Waals surface area contributed by atoms with Gasteiger partial charge in [0, 0.05) is 58.2 Å². The van der Waals surface area contributed by atoms with Crippen LogP contribution in [-0.2, 0) is 42.8 Å². The Hall–Kier alpha value is -2.09. The van der Waals surface area contributed by atoms with E-state index in [0.29, 0.717) is 111 Å². The predicted molar refractivity (Wildman–Crippen MR) is 233 cm³/mol. The molecule has 1 aliphatic carbocycles. The van der Waals surface area contributed by atoms with Crippen molar-refractivity contribution >= 4 is 17.7 Å². The number of unbranched alkanes of at least 4 members (excludes halogenated alkanes) is 6. The van der Waals surface area contributed by atoms with Gasteiger partial charge in [-0.15, -0.1) is 0 Å². The van der Waals surface area contributed by atoms with Crippen molar-refractivity contribution in [1.82, 2.24) is 16.0 Å². The highest BCUT2D eigenvalue weighted by Gasteiger charge is 2.27. The molecule has 0 saturated heterocycles. The van der Waals surface area contributed by atoms with Crippen molar-refractivity contribution in [3.05, 3.63) is 11.1 Å². The van der Waals surface area contributed by atoms with E-state index in [-0.39, 0.29) is 23.6 Å². The van der Waals surface area contributed by atoms with Gasteiger partial charge in [-0.3, -0.25) is 14.4 Å². The van der Waals surface area contributed by atoms with Crippen molar-refractivity contribution in [2.45, 2.75) is 157 Å². The number of allylic oxidation sites excluding steroid dienone is 2. The largest absolute Gasteiger partial charge is 0.379 e. The first-order chi connectivity index (χ1) is 28.2. The molecule has 1 atom stereocenters. The molecule has 12 heteroatoms. The minimum atomic E-state index is -0.0336. The van der Waals surface area contributed by atoms with Crippen molar-refractivity contribution in [3.8, 4) is 0 Å². The summed E-state index contributed by atoms with van der Waals surface area (Å²) < 4.78 is 32.9. The Kier molecular flexibility index (Phi) is 35.2. The van der Waals surface area contributed by atoms with Gasteiger partial charge in [-0.1, -0.05) is 70.9 Å². The van der Waals surface area contributed by atoms with Crippen LogP contribution >= 0.6 is 0 Å². The summed E-state index contributed by atoms with van der Waals surface area (Å²) >= 11 is 0. The second-order valence-electron chi connectivity index (χ2n) is 16.3. The van der Waals surface area contributed by atoms with Crippen LogP contribution in [0.5, 0.6) is 0 Å². The summed E-state index contributed by atoms with van der Waals surface area (Å²) in [4.78, 5) is 36.8. The molecular formula is C46H87N3O9. The first kappa shape index (κ1) is 53.9. The van der Waals surface area contributed by atoms with E-state index in [4.69, 9.17) is 28.4 Å². The first-order valence-corrected chi connectivity index (χ1v) is 23.2. The predicted octanol–water partition coefficient (Wildman–Crippen LogP) is 7.86. The quantitative estimate of drug-likeness (QED) is 0.0415. The molecule has 0 aromatic rings. The summed E-state index contributed by atoms with van der Waals surface area (Å²) in [6, 6.07) is 0. The number of hydrogen-bond acceptors (Lipinski definition) is 9. The number of carbonyl (C=O) groups is 3. The van der Waals surface area contributed by atoms with Gasteiger partial charge in [0.25, 0.3) is 0 Å². The molecule has 3 amide bonds. The number of hydrogen-bond donors (Lipinski definition) is 3. The van der Waals surface area contributed by atoms with Crippen LogP contribution in [0.1, 0.15) is 157 Å². The maximum absolute atomic E-state index is 12.7. The van der Waals surface area contributed by atoms with E-state index in [1.807, 2.05) is 0 Å². The highest BCUT2D eigenvalue weighted by molar-refractivity contribution is 5.78. The van der Waals surface area contributed by atoms with Gasteiger partial charge >= 0.3 is 0 Å². The van der Waals surface area contributed by atoms with E-state index in [1.165, 1.54) is 51.4 Å². The standard InChI is InChI=1S/C46H87N3O9/c1-6-28-53-32-36-57-39-35-56-31-23-44(51)48-26-17-29-54-33-37-58-38-34-55-30-18-27-49-45(52)41(7-2)20-14-15-25-47-43(50)22-13-11-9-8-10-12-21-42-40(3)19-16-24-46(42,4)5/h41H,6-39H2,1-5H3,(H,47,50)(H,48,51)(H,49,52)/t41-/m0/s1.